The van der Waals surface area contributed by atoms with Crippen LogP contribution in [0.2, 0.25) is 10.0 Å². The van der Waals surface area contributed by atoms with E-state index in [1.165, 1.54) is 15.6 Å². The van der Waals surface area contributed by atoms with Crippen LogP contribution in [0.1, 0.15) is 17.2 Å². The molecular formula is C16H14Cl2N2S. The molecule has 0 spiro atoms. The van der Waals surface area contributed by atoms with Crippen LogP contribution < -0.4 is 11.3 Å². The number of hydrogen-bond acceptors (Lipinski definition) is 3. The summed E-state index contributed by atoms with van der Waals surface area (Å²) in [6.07, 6.45) is 0.740. The molecule has 21 heavy (non-hydrogen) atoms. The molecule has 1 aromatic heterocycles. The normalized spacial score (nSPS) is 12.7. The Morgan fingerprint density at radius 1 is 1.05 bits per heavy atom. The van der Waals surface area contributed by atoms with Crippen LogP contribution in [0, 0.1) is 0 Å². The number of thiophene rings is 1. The number of benzene rings is 2. The second-order valence-electron chi connectivity index (χ2n) is 4.82. The average molecular weight is 337 g/mol. The summed E-state index contributed by atoms with van der Waals surface area (Å²) in [5.74, 6) is 5.74. The molecule has 0 saturated carbocycles. The van der Waals surface area contributed by atoms with Gasteiger partial charge in [-0.15, -0.1) is 11.3 Å². The van der Waals surface area contributed by atoms with Crippen molar-refractivity contribution in [2.45, 2.75) is 12.5 Å². The van der Waals surface area contributed by atoms with E-state index in [1.807, 2.05) is 30.3 Å². The zero-order valence-corrected chi connectivity index (χ0v) is 13.5. The third-order valence-electron chi connectivity index (χ3n) is 3.53. The third kappa shape index (κ3) is 2.93. The van der Waals surface area contributed by atoms with Gasteiger partial charge in [-0.2, -0.15) is 0 Å². The van der Waals surface area contributed by atoms with Gasteiger partial charge in [0.25, 0.3) is 0 Å². The number of hydrazine groups is 1. The predicted molar refractivity (Wildman–Crippen MR) is 92.1 cm³/mol. The van der Waals surface area contributed by atoms with Crippen molar-refractivity contribution in [3.05, 3.63) is 69.0 Å². The average Bonchev–Trinajstić information content (AvgIpc) is 2.89. The Hall–Kier alpha value is -1.10. The molecule has 0 saturated heterocycles. The van der Waals surface area contributed by atoms with E-state index in [9.17, 15) is 0 Å². The van der Waals surface area contributed by atoms with Crippen molar-refractivity contribution in [2.24, 2.45) is 5.84 Å². The lowest BCUT2D eigenvalue weighted by Crippen LogP contribution is -2.30. The van der Waals surface area contributed by atoms with Crippen molar-refractivity contribution >= 4 is 44.6 Å². The molecular weight excluding hydrogens is 323 g/mol. The summed E-state index contributed by atoms with van der Waals surface area (Å²) in [4.78, 5) is 0. The Morgan fingerprint density at radius 3 is 2.48 bits per heavy atom. The van der Waals surface area contributed by atoms with Crippen molar-refractivity contribution in [1.29, 1.82) is 0 Å². The fraction of sp³-hybridized carbons (Fsp3) is 0.125. The molecule has 2 aromatic carbocycles. The Balaban J connectivity index is 1.98. The summed E-state index contributed by atoms with van der Waals surface area (Å²) < 4.78 is 1.27. The van der Waals surface area contributed by atoms with Gasteiger partial charge in [-0.25, -0.2) is 0 Å². The zero-order chi connectivity index (χ0) is 14.8. The van der Waals surface area contributed by atoms with Crippen LogP contribution >= 0.6 is 34.5 Å². The topological polar surface area (TPSA) is 38.0 Å². The first-order valence-electron chi connectivity index (χ1n) is 6.56. The zero-order valence-electron chi connectivity index (χ0n) is 11.1. The molecule has 5 heteroatoms. The van der Waals surface area contributed by atoms with Crippen LogP contribution in [0.25, 0.3) is 10.1 Å². The molecule has 1 heterocycles. The summed E-state index contributed by atoms with van der Waals surface area (Å²) in [5, 5.41) is 4.68. The van der Waals surface area contributed by atoms with E-state index >= 15 is 0 Å². The predicted octanol–water partition coefficient (Wildman–Crippen LogP) is 4.96. The molecule has 2 nitrogen and oxygen atoms in total. The minimum Gasteiger partial charge on any atom is -0.271 e. The maximum Gasteiger partial charge on any atom is 0.0530 e. The number of rotatable bonds is 4. The van der Waals surface area contributed by atoms with Gasteiger partial charge in [-0.1, -0.05) is 47.5 Å². The molecule has 0 aliphatic heterocycles. The Kier molecular flexibility index (Phi) is 4.48. The van der Waals surface area contributed by atoms with Gasteiger partial charge in [0.2, 0.25) is 0 Å². The van der Waals surface area contributed by atoms with Crippen molar-refractivity contribution in [3.8, 4) is 0 Å². The first-order chi connectivity index (χ1) is 10.2. The molecule has 0 bridgehead atoms. The highest BCUT2D eigenvalue weighted by Gasteiger charge is 2.18. The number of nitrogens with two attached hydrogens (primary N) is 1. The molecule has 0 fully saturated rings. The maximum atomic E-state index is 6.28. The smallest absolute Gasteiger partial charge is 0.0530 e. The Labute approximate surface area is 137 Å². The van der Waals surface area contributed by atoms with Gasteiger partial charge in [0.15, 0.2) is 0 Å². The largest absolute Gasteiger partial charge is 0.271 e. The molecule has 1 atom stereocenters. The minimum absolute atomic E-state index is 0.121. The Bertz CT molecular complexity index is 750. The van der Waals surface area contributed by atoms with E-state index in [2.05, 4.69) is 22.9 Å². The highest BCUT2D eigenvalue weighted by molar-refractivity contribution is 7.17. The first kappa shape index (κ1) is 14.8. The fourth-order valence-electron chi connectivity index (χ4n) is 2.50. The first-order valence-corrected chi connectivity index (χ1v) is 8.19. The highest BCUT2D eigenvalue weighted by atomic mass is 35.5. The summed E-state index contributed by atoms with van der Waals surface area (Å²) in [5.41, 5.74) is 4.93. The second kappa shape index (κ2) is 6.34. The summed E-state index contributed by atoms with van der Waals surface area (Å²) in [6, 6.07) is 13.7. The van der Waals surface area contributed by atoms with Gasteiger partial charge in [0, 0.05) is 20.3 Å². The Morgan fingerprint density at radius 2 is 1.76 bits per heavy atom. The van der Waals surface area contributed by atoms with Gasteiger partial charge in [0.1, 0.15) is 0 Å². The van der Waals surface area contributed by atoms with E-state index in [0.29, 0.717) is 10.0 Å². The SMILES string of the molecule is NNC(Cc1csc2ccccc12)c1c(Cl)cccc1Cl. The molecule has 0 aliphatic rings. The maximum absolute atomic E-state index is 6.28. The van der Waals surface area contributed by atoms with Gasteiger partial charge in [-0.05, 0) is 40.9 Å². The number of fused-ring (bicyclic) bond motifs is 1. The van der Waals surface area contributed by atoms with E-state index in [1.54, 1.807) is 11.3 Å². The number of hydrogen-bond donors (Lipinski definition) is 2. The highest BCUT2D eigenvalue weighted by Crippen LogP contribution is 2.34. The standard InChI is InChI=1S/C16H14Cl2N2S/c17-12-5-3-6-13(18)16(12)14(20-19)8-10-9-21-15-7-2-1-4-11(10)15/h1-7,9,14,20H,8,19H2. The molecule has 0 aliphatic carbocycles. The molecule has 3 N–H and O–H groups in total. The van der Waals surface area contributed by atoms with Crippen molar-refractivity contribution in [1.82, 2.24) is 5.43 Å². The summed E-state index contributed by atoms with van der Waals surface area (Å²) >= 11 is 14.3. The van der Waals surface area contributed by atoms with Gasteiger partial charge >= 0.3 is 0 Å². The van der Waals surface area contributed by atoms with Crippen LogP contribution in [0.5, 0.6) is 0 Å². The van der Waals surface area contributed by atoms with Crippen molar-refractivity contribution in [3.63, 3.8) is 0 Å². The van der Waals surface area contributed by atoms with E-state index in [4.69, 9.17) is 29.0 Å². The van der Waals surface area contributed by atoms with E-state index in [-0.39, 0.29) is 6.04 Å². The fourth-order valence-corrected chi connectivity index (χ4v) is 4.14. The van der Waals surface area contributed by atoms with Crippen LogP contribution in [0.15, 0.2) is 47.8 Å². The van der Waals surface area contributed by atoms with E-state index in [0.717, 1.165) is 12.0 Å². The van der Waals surface area contributed by atoms with Crippen molar-refractivity contribution in [2.75, 3.05) is 0 Å². The van der Waals surface area contributed by atoms with Crippen LogP contribution in [0.3, 0.4) is 0 Å². The number of nitrogens with one attached hydrogen (secondary N) is 1. The lowest BCUT2D eigenvalue weighted by atomic mass is 9.99. The molecule has 3 rings (SSSR count). The summed E-state index contributed by atoms with van der Waals surface area (Å²) in [7, 11) is 0. The molecule has 3 aromatic rings. The van der Waals surface area contributed by atoms with Gasteiger partial charge < -0.3 is 0 Å². The lowest BCUT2D eigenvalue weighted by Gasteiger charge is -2.19. The van der Waals surface area contributed by atoms with Gasteiger partial charge in [-0.3, -0.25) is 11.3 Å². The quantitative estimate of drug-likeness (QED) is 0.522. The van der Waals surface area contributed by atoms with Crippen LogP contribution in [-0.4, -0.2) is 0 Å². The minimum atomic E-state index is -0.121. The molecule has 0 radical (unpaired) electrons. The van der Waals surface area contributed by atoms with Crippen molar-refractivity contribution < 1.29 is 0 Å². The number of halogens is 2. The summed E-state index contributed by atoms with van der Waals surface area (Å²) in [6.45, 7) is 0. The molecule has 108 valence electrons. The molecule has 1 unspecified atom stereocenters. The second-order valence-corrected chi connectivity index (χ2v) is 6.54. The third-order valence-corrected chi connectivity index (χ3v) is 5.21. The van der Waals surface area contributed by atoms with Crippen LogP contribution in [0.4, 0.5) is 0 Å². The van der Waals surface area contributed by atoms with Crippen LogP contribution in [-0.2, 0) is 6.42 Å². The molecule has 0 amide bonds. The van der Waals surface area contributed by atoms with E-state index < -0.39 is 0 Å². The lowest BCUT2D eigenvalue weighted by molar-refractivity contribution is 0.554. The van der Waals surface area contributed by atoms with Gasteiger partial charge in [0.05, 0.1) is 6.04 Å². The monoisotopic (exact) mass is 336 g/mol.